The lowest BCUT2D eigenvalue weighted by Gasteiger charge is -2.30. The SMILES string of the molecule is Cc1nn(CC(C)C)c(C)c1CC(=O)N1CCCc2cccc(F)c21. The van der Waals surface area contributed by atoms with Crippen molar-refractivity contribution in [1.82, 2.24) is 9.78 Å². The Morgan fingerprint density at radius 3 is 2.80 bits per heavy atom. The minimum absolute atomic E-state index is 0.0543. The highest BCUT2D eigenvalue weighted by Crippen LogP contribution is 2.30. The monoisotopic (exact) mass is 343 g/mol. The summed E-state index contributed by atoms with van der Waals surface area (Å²) in [6, 6.07) is 5.06. The lowest BCUT2D eigenvalue weighted by molar-refractivity contribution is -0.118. The number of halogens is 1. The standard InChI is InChI=1S/C20H26FN3O/c1-13(2)12-24-15(4)17(14(3)22-24)11-19(25)23-10-6-8-16-7-5-9-18(21)20(16)23/h5,7,9,13H,6,8,10-12H2,1-4H3. The molecule has 0 unspecified atom stereocenters. The Bertz CT molecular complexity index is 794. The number of para-hydroxylation sites is 1. The van der Waals surface area contributed by atoms with Gasteiger partial charge in [-0.25, -0.2) is 4.39 Å². The van der Waals surface area contributed by atoms with Gasteiger partial charge in [-0.3, -0.25) is 9.48 Å². The predicted octanol–water partition coefficient (Wildman–Crippen LogP) is 3.82. The van der Waals surface area contributed by atoms with Crippen molar-refractivity contribution in [3.63, 3.8) is 0 Å². The highest BCUT2D eigenvalue weighted by molar-refractivity contribution is 5.96. The van der Waals surface area contributed by atoms with E-state index in [-0.39, 0.29) is 18.1 Å². The first-order valence-electron chi connectivity index (χ1n) is 8.99. The summed E-state index contributed by atoms with van der Waals surface area (Å²) >= 11 is 0. The fourth-order valence-electron chi connectivity index (χ4n) is 3.61. The molecule has 0 bridgehead atoms. The van der Waals surface area contributed by atoms with Crippen LogP contribution in [-0.2, 0) is 24.2 Å². The largest absolute Gasteiger partial charge is 0.309 e. The molecule has 0 N–H and O–H groups in total. The summed E-state index contributed by atoms with van der Waals surface area (Å²) in [6.45, 7) is 9.66. The number of carbonyl (C=O) groups is 1. The van der Waals surface area contributed by atoms with Crippen LogP contribution in [0.2, 0.25) is 0 Å². The summed E-state index contributed by atoms with van der Waals surface area (Å²) in [6.07, 6.45) is 1.96. The first kappa shape index (κ1) is 17.6. The van der Waals surface area contributed by atoms with Gasteiger partial charge in [-0.05, 0) is 44.2 Å². The molecule has 2 heterocycles. The van der Waals surface area contributed by atoms with Gasteiger partial charge in [-0.1, -0.05) is 26.0 Å². The smallest absolute Gasteiger partial charge is 0.231 e. The van der Waals surface area contributed by atoms with Gasteiger partial charge in [0.15, 0.2) is 0 Å². The second kappa shape index (κ2) is 6.98. The lowest BCUT2D eigenvalue weighted by atomic mass is 10.00. The predicted molar refractivity (Wildman–Crippen MR) is 97.3 cm³/mol. The molecule has 0 saturated carbocycles. The van der Waals surface area contributed by atoms with Crippen molar-refractivity contribution in [2.24, 2.45) is 5.92 Å². The quantitative estimate of drug-likeness (QED) is 0.846. The van der Waals surface area contributed by atoms with E-state index in [1.807, 2.05) is 24.6 Å². The van der Waals surface area contributed by atoms with Gasteiger partial charge in [0.1, 0.15) is 5.82 Å². The average molecular weight is 343 g/mol. The average Bonchev–Trinajstić information content (AvgIpc) is 2.81. The van der Waals surface area contributed by atoms with E-state index in [9.17, 15) is 9.18 Å². The van der Waals surface area contributed by atoms with Crippen molar-refractivity contribution in [1.29, 1.82) is 0 Å². The Morgan fingerprint density at radius 1 is 1.32 bits per heavy atom. The zero-order valence-electron chi connectivity index (χ0n) is 15.5. The molecule has 4 nitrogen and oxygen atoms in total. The van der Waals surface area contributed by atoms with Gasteiger partial charge >= 0.3 is 0 Å². The number of benzene rings is 1. The van der Waals surface area contributed by atoms with Crippen LogP contribution in [0.1, 0.15) is 42.8 Å². The molecule has 0 saturated heterocycles. The maximum absolute atomic E-state index is 14.3. The van der Waals surface area contributed by atoms with Crippen LogP contribution < -0.4 is 4.90 Å². The van der Waals surface area contributed by atoms with Crippen molar-refractivity contribution >= 4 is 11.6 Å². The van der Waals surface area contributed by atoms with Gasteiger partial charge in [-0.15, -0.1) is 0 Å². The molecule has 0 atom stereocenters. The number of nitrogens with zero attached hydrogens (tertiary/aromatic N) is 3. The number of aryl methyl sites for hydroxylation is 2. The number of carbonyl (C=O) groups excluding carboxylic acids is 1. The molecule has 0 fully saturated rings. The van der Waals surface area contributed by atoms with E-state index in [1.165, 1.54) is 6.07 Å². The summed E-state index contributed by atoms with van der Waals surface area (Å²) in [5.41, 5.74) is 4.27. The van der Waals surface area contributed by atoms with Crippen LogP contribution in [0.25, 0.3) is 0 Å². The lowest BCUT2D eigenvalue weighted by Crippen LogP contribution is -2.37. The van der Waals surface area contributed by atoms with E-state index >= 15 is 0 Å². The van der Waals surface area contributed by atoms with Crippen molar-refractivity contribution in [3.05, 3.63) is 46.5 Å². The van der Waals surface area contributed by atoms with Crippen molar-refractivity contribution in [3.8, 4) is 0 Å². The van der Waals surface area contributed by atoms with Gasteiger partial charge in [0.2, 0.25) is 5.91 Å². The van der Waals surface area contributed by atoms with E-state index in [1.54, 1.807) is 11.0 Å². The Balaban J connectivity index is 1.86. The summed E-state index contributed by atoms with van der Waals surface area (Å²) in [7, 11) is 0. The number of rotatable bonds is 4. The topological polar surface area (TPSA) is 38.1 Å². The molecule has 0 spiro atoms. The molecule has 2 aromatic rings. The molecule has 134 valence electrons. The third-order valence-electron chi connectivity index (χ3n) is 4.87. The maximum Gasteiger partial charge on any atom is 0.231 e. The van der Waals surface area contributed by atoms with Crippen LogP contribution in [0.15, 0.2) is 18.2 Å². The van der Waals surface area contributed by atoms with Crippen molar-refractivity contribution < 1.29 is 9.18 Å². The van der Waals surface area contributed by atoms with Crippen molar-refractivity contribution in [2.75, 3.05) is 11.4 Å². The Morgan fingerprint density at radius 2 is 2.08 bits per heavy atom. The zero-order chi connectivity index (χ0) is 18.1. The minimum atomic E-state index is -0.311. The first-order chi connectivity index (χ1) is 11.9. The number of amides is 1. The first-order valence-corrected chi connectivity index (χ1v) is 8.99. The van der Waals surface area contributed by atoms with E-state index in [2.05, 4.69) is 18.9 Å². The molecular formula is C20H26FN3O. The molecular weight excluding hydrogens is 317 g/mol. The molecule has 1 aliphatic rings. The minimum Gasteiger partial charge on any atom is -0.309 e. The Labute approximate surface area is 148 Å². The molecule has 1 aliphatic heterocycles. The van der Waals surface area contributed by atoms with Crippen LogP contribution in [0, 0.1) is 25.6 Å². The highest BCUT2D eigenvalue weighted by Gasteiger charge is 2.27. The molecule has 3 rings (SSSR count). The highest BCUT2D eigenvalue weighted by atomic mass is 19.1. The van der Waals surface area contributed by atoms with Crippen LogP contribution >= 0.6 is 0 Å². The number of hydrogen-bond acceptors (Lipinski definition) is 2. The van der Waals surface area contributed by atoms with Crippen LogP contribution in [0.4, 0.5) is 10.1 Å². The number of aromatic nitrogens is 2. The van der Waals surface area contributed by atoms with Gasteiger partial charge in [-0.2, -0.15) is 5.10 Å². The number of hydrogen-bond donors (Lipinski definition) is 0. The second-order valence-electron chi connectivity index (χ2n) is 7.30. The Hall–Kier alpha value is -2.17. The van der Waals surface area contributed by atoms with Crippen LogP contribution in [0.5, 0.6) is 0 Å². The zero-order valence-corrected chi connectivity index (χ0v) is 15.5. The third-order valence-corrected chi connectivity index (χ3v) is 4.87. The fourth-order valence-corrected chi connectivity index (χ4v) is 3.61. The maximum atomic E-state index is 14.3. The van der Waals surface area contributed by atoms with E-state index in [0.717, 1.165) is 41.9 Å². The summed E-state index contributed by atoms with van der Waals surface area (Å²) in [5.74, 6) is 0.125. The van der Waals surface area contributed by atoms with Crippen molar-refractivity contribution in [2.45, 2.75) is 53.5 Å². The summed E-state index contributed by atoms with van der Waals surface area (Å²) in [5, 5.41) is 4.58. The fraction of sp³-hybridized carbons (Fsp3) is 0.500. The molecule has 0 radical (unpaired) electrons. The molecule has 1 aromatic carbocycles. The van der Waals surface area contributed by atoms with Gasteiger partial charge in [0.05, 0.1) is 17.8 Å². The van der Waals surface area contributed by atoms with E-state index in [4.69, 9.17) is 0 Å². The molecule has 1 aromatic heterocycles. The Kier molecular flexibility index (Phi) is 4.93. The van der Waals surface area contributed by atoms with Gasteiger partial charge < -0.3 is 4.90 Å². The van der Waals surface area contributed by atoms with E-state index < -0.39 is 0 Å². The summed E-state index contributed by atoms with van der Waals surface area (Å²) < 4.78 is 16.3. The molecule has 5 heteroatoms. The van der Waals surface area contributed by atoms with Crippen LogP contribution in [0.3, 0.4) is 0 Å². The summed E-state index contributed by atoms with van der Waals surface area (Å²) in [4.78, 5) is 14.6. The molecule has 25 heavy (non-hydrogen) atoms. The van der Waals surface area contributed by atoms with Crippen LogP contribution in [-0.4, -0.2) is 22.2 Å². The molecule has 0 aliphatic carbocycles. The van der Waals surface area contributed by atoms with Gasteiger partial charge in [0.25, 0.3) is 0 Å². The third kappa shape index (κ3) is 3.46. The second-order valence-corrected chi connectivity index (χ2v) is 7.30. The normalized spacial score (nSPS) is 14.1. The number of fused-ring (bicyclic) bond motifs is 1. The van der Waals surface area contributed by atoms with E-state index in [0.29, 0.717) is 18.2 Å². The molecule has 1 amide bonds. The van der Waals surface area contributed by atoms with Gasteiger partial charge in [0, 0.05) is 24.3 Å². The number of anilines is 1.